The molecule has 0 atom stereocenters. The maximum absolute atomic E-state index is 4.52. The minimum Gasteiger partial charge on any atom is -0.352 e. The van der Waals surface area contributed by atoms with Crippen molar-refractivity contribution in [3.63, 3.8) is 0 Å². The van der Waals surface area contributed by atoms with Crippen molar-refractivity contribution < 1.29 is 0 Å². The molecule has 2 aromatic rings. The molecule has 0 saturated heterocycles. The molecule has 7 heteroatoms. The summed E-state index contributed by atoms with van der Waals surface area (Å²) in [6.45, 7) is 7.79. The SMILES string of the molecule is CN=C(NCc1nc(C)c(C)s1)NCc1sccc1C.I. The molecule has 0 aliphatic carbocycles. The quantitative estimate of drug-likeness (QED) is 0.438. The van der Waals surface area contributed by atoms with Crippen molar-refractivity contribution in [2.24, 2.45) is 4.99 Å². The number of aromatic nitrogens is 1. The van der Waals surface area contributed by atoms with Crippen LogP contribution in [0.15, 0.2) is 16.4 Å². The molecule has 0 bridgehead atoms. The Labute approximate surface area is 151 Å². The summed E-state index contributed by atoms with van der Waals surface area (Å²) in [7, 11) is 1.79. The van der Waals surface area contributed by atoms with Gasteiger partial charge in [0.2, 0.25) is 0 Å². The van der Waals surface area contributed by atoms with E-state index in [9.17, 15) is 0 Å². The number of nitrogens with one attached hydrogen (secondary N) is 2. The minimum atomic E-state index is 0. The zero-order chi connectivity index (χ0) is 14.5. The lowest BCUT2D eigenvalue weighted by Gasteiger charge is -2.10. The molecule has 0 fully saturated rings. The zero-order valence-electron chi connectivity index (χ0n) is 12.7. The lowest BCUT2D eigenvalue weighted by molar-refractivity contribution is 0.807. The van der Waals surface area contributed by atoms with E-state index in [1.54, 1.807) is 29.7 Å². The summed E-state index contributed by atoms with van der Waals surface area (Å²) in [5.74, 6) is 0.809. The Balaban J connectivity index is 0.00000220. The molecule has 0 unspecified atom stereocenters. The highest BCUT2D eigenvalue weighted by atomic mass is 127. The summed E-state index contributed by atoms with van der Waals surface area (Å²) in [5, 5.41) is 9.84. The predicted molar refractivity (Wildman–Crippen MR) is 103 cm³/mol. The van der Waals surface area contributed by atoms with Crippen LogP contribution in [0.25, 0.3) is 0 Å². The molecule has 2 N–H and O–H groups in total. The number of aliphatic imine (C=N–C) groups is 1. The standard InChI is InChI=1S/C14H20N4S2.HI/c1-9-5-6-19-12(9)7-16-14(15-4)17-8-13-18-10(2)11(3)20-13;/h5-6H,7-8H2,1-4H3,(H2,15,16,17);1H. The largest absolute Gasteiger partial charge is 0.352 e. The predicted octanol–water partition coefficient (Wildman–Crippen LogP) is 3.61. The first-order chi connectivity index (χ1) is 9.60. The molecule has 2 rings (SSSR count). The summed E-state index contributed by atoms with van der Waals surface area (Å²) < 4.78 is 0. The molecule has 2 heterocycles. The van der Waals surface area contributed by atoms with Crippen molar-refractivity contribution in [1.29, 1.82) is 0 Å². The van der Waals surface area contributed by atoms with Gasteiger partial charge in [0.05, 0.1) is 18.8 Å². The molecule has 2 aromatic heterocycles. The smallest absolute Gasteiger partial charge is 0.191 e. The van der Waals surface area contributed by atoms with E-state index in [4.69, 9.17) is 0 Å². The van der Waals surface area contributed by atoms with Crippen molar-refractivity contribution in [2.45, 2.75) is 33.9 Å². The van der Waals surface area contributed by atoms with Gasteiger partial charge in [0.1, 0.15) is 5.01 Å². The second-order valence-corrected chi connectivity index (χ2v) is 6.84. The van der Waals surface area contributed by atoms with Crippen LogP contribution in [-0.4, -0.2) is 18.0 Å². The van der Waals surface area contributed by atoms with E-state index in [0.29, 0.717) is 6.54 Å². The van der Waals surface area contributed by atoms with Crippen molar-refractivity contribution in [1.82, 2.24) is 15.6 Å². The van der Waals surface area contributed by atoms with Gasteiger partial charge in [-0.3, -0.25) is 4.99 Å². The molecule has 0 aliphatic rings. The Morgan fingerprint density at radius 1 is 1.24 bits per heavy atom. The summed E-state index contributed by atoms with van der Waals surface area (Å²) in [6.07, 6.45) is 0. The van der Waals surface area contributed by atoms with Gasteiger partial charge < -0.3 is 10.6 Å². The Morgan fingerprint density at radius 3 is 2.48 bits per heavy atom. The number of hydrogen-bond donors (Lipinski definition) is 2. The number of thiazole rings is 1. The molecule has 0 aromatic carbocycles. The third-order valence-electron chi connectivity index (χ3n) is 3.09. The Morgan fingerprint density at radius 2 is 1.95 bits per heavy atom. The van der Waals surface area contributed by atoms with E-state index in [1.165, 1.54) is 15.3 Å². The number of rotatable bonds is 4. The fourth-order valence-electron chi connectivity index (χ4n) is 1.74. The second-order valence-electron chi connectivity index (χ2n) is 4.56. The molecule has 4 nitrogen and oxygen atoms in total. The first-order valence-corrected chi connectivity index (χ1v) is 8.20. The Kier molecular flexibility index (Phi) is 7.61. The number of thiophene rings is 1. The molecule has 116 valence electrons. The molecular weight excluding hydrogens is 415 g/mol. The molecular formula is C14H21IN4S2. The van der Waals surface area contributed by atoms with Gasteiger partial charge in [0.15, 0.2) is 5.96 Å². The summed E-state index contributed by atoms with van der Waals surface area (Å²) in [4.78, 5) is 11.4. The Hall–Kier alpha value is -0.670. The summed E-state index contributed by atoms with van der Waals surface area (Å²) in [5.41, 5.74) is 2.44. The number of nitrogens with zero attached hydrogens (tertiary/aromatic N) is 2. The van der Waals surface area contributed by atoms with Crippen molar-refractivity contribution in [2.75, 3.05) is 7.05 Å². The molecule has 0 spiro atoms. The first kappa shape index (κ1) is 18.4. The molecule has 21 heavy (non-hydrogen) atoms. The number of halogens is 1. The van der Waals surface area contributed by atoms with E-state index in [0.717, 1.165) is 23.2 Å². The summed E-state index contributed by atoms with van der Waals surface area (Å²) >= 11 is 3.50. The normalized spacial score (nSPS) is 11.1. The fourth-order valence-corrected chi connectivity index (χ4v) is 3.46. The third kappa shape index (κ3) is 5.23. The average Bonchev–Trinajstić information content (AvgIpc) is 2.97. The van der Waals surface area contributed by atoms with E-state index in [1.807, 2.05) is 6.92 Å². The van der Waals surface area contributed by atoms with Crippen LogP contribution in [0.5, 0.6) is 0 Å². The van der Waals surface area contributed by atoms with Crippen LogP contribution in [0.2, 0.25) is 0 Å². The van der Waals surface area contributed by atoms with Gasteiger partial charge in [-0.2, -0.15) is 0 Å². The Bertz CT molecular complexity index is 584. The van der Waals surface area contributed by atoms with Crippen LogP contribution in [0, 0.1) is 20.8 Å². The van der Waals surface area contributed by atoms with Crippen LogP contribution in [0.3, 0.4) is 0 Å². The summed E-state index contributed by atoms with van der Waals surface area (Å²) in [6, 6.07) is 2.14. The van der Waals surface area contributed by atoms with Crippen LogP contribution >= 0.6 is 46.7 Å². The highest BCUT2D eigenvalue weighted by Crippen LogP contribution is 2.16. The zero-order valence-corrected chi connectivity index (χ0v) is 16.7. The van der Waals surface area contributed by atoms with E-state index in [2.05, 4.69) is 45.9 Å². The van der Waals surface area contributed by atoms with Gasteiger partial charge in [-0.15, -0.1) is 46.7 Å². The monoisotopic (exact) mass is 436 g/mol. The number of aryl methyl sites for hydroxylation is 3. The van der Waals surface area contributed by atoms with E-state index in [-0.39, 0.29) is 24.0 Å². The van der Waals surface area contributed by atoms with Crippen LogP contribution < -0.4 is 10.6 Å². The lowest BCUT2D eigenvalue weighted by Crippen LogP contribution is -2.36. The number of guanidine groups is 1. The second kappa shape index (κ2) is 8.70. The van der Waals surface area contributed by atoms with Gasteiger partial charge in [-0.1, -0.05) is 0 Å². The lowest BCUT2D eigenvalue weighted by atomic mass is 10.3. The van der Waals surface area contributed by atoms with Gasteiger partial charge in [-0.25, -0.2) is 4.98 Å². The van der Waals surface area contributed by atoms with Gasteiger partial charge >= 0.3 is 0 Å². The molecule has 0 aliphatic heterocycles. The first-order valence-electron chi connectivity index (χ1n) is 6.50. The minimum absolute atomic E-state index is 0. The maximum Gasteiger partial charge on any atom is 0.191 e. The highest BCUT2D eigenvalue weighted by molar-refractivity contribution is 14.0. The topological polar surface area (TPSA) is 49.3 Å². The van der Waals surface area contributed by atoms with Gasteiger partial charge in [-0.05, 0) is 37.8 Å². The van der Waals surface area contributed by atoms with Gasteiger partial charge in [0, 0.05) is 16.8 Å². The van der Waals surface area contributed by atoms with E-state index < -0.39 is 0 Å². The average molecular weight is 436 g/mol. The fraction of sp³-hybridized carbons (Fsp3) is 0.429. The van der Waals surface area contributed by atoms with Crippen LogP contribution in [0.4, 0.5) is 0 Å². The van der Waals surface area contributed by atoms with E-state index >= 15 is 0 Å². The van der Waals surface area contributed by atoms with Gasteiger partial charge in [0.25, 0.3) is 0 Å². The molecule has 0 amide bonds. The van der Waals surface area contributed by atoms with Crippen LogP contribution in [0.1, 0.15) is 26.0 Å². The van der Waals surface area contributed by atoms with Crippen LogP contribution in [-0.2, 0) is 13.1 Å². The van der Waals surface area contributed by atoms with Crippen molar-refractivity contribution in [3.05, 3.63) is 37.5 Å². The van der Waals surface area contributed by atoms with Crippen molar-refractivity contribution >= 4 is 52.6 Å². The molecule has 0 radical (unpaired) electrons. The number of hydrogen-bond acceptors (Lipinski definition) is 4. The molecule has 0 saturated carbocycles. The maximum atomic E-state index is 4.52. The van der Waals surface area contributed by atoms with Crippen molar-refractivity contribution in [3.8, 4) is 0 Å². The third-order valence-corrected chi connectivity index (χ3v) is 5.18. The highest BCUT2D eigenvalue weighted by Gasteiger charge is 2.05.